The second kappa shape index (κ2) is 3.83. The molecule has 1 aliphatic heterocycles. The van der Waals surface area contributed by atoms with Crippen LogP contribution in [0.1, 0.15) is 59.8 Å². The van der Waals surface area contributed by atoms with Gasteiger partial charge in [-0.25, -0.2) is 0 Å². The maximum Gasteiger partial charge on any atom is 0.144 e. The van der Waals surface area contributed by atoms with Gasteiger partial charge in [-0.05, 0) is 32.1 Å². The Kier molecular flexibility index (Phi) is 2.90. The topological polar surface area (TPSA) is 29.6 Å². The monoisotopic (exact) mass is 224 g/mol. The molecule has 0 radical (unpaired) electrons. The van der Waals surface area contributed by atoms with Gasteiger partial charge in [-0.3, -0.25) is 4.79 Å². The summed E-state index contributed by atoms with van der Waals surface area (Å²) in [5.74, 6) is 0.430. The zero-order valence-corrected chi connectivity index (χ0v) is 11.0. The van der Waals surface area contributed by atoms with Gasteiger partial charge < -0.3 is 4.74 Å². The van der Waals surface area contributed by atoms with Crippen molar-refractivity contribution in [2.24, 2.45) is 10.8 Å². The van der Waals surface area contributed by atoms with Crippen LogP contribution in [0.25, 0.3) is 0 Å². The van der Waals surface area contributed by atoms with Crippen LogP contribution in [0.2, 0.25) is 0 Å². The average Bonchev–Trinajstić information content (AvgIpc) is 2.91. The number of ether oxygens (including phenoxy) is 1. The molecule has 0 N–H and O–H groups in total. The molecule has 1 aliphatic carbocycles. The van der Waals surface area contributed by atoms with E-state index < -0.39 is 0 Å². The van der Waals surface area contributed by atoms with Crippen molar-refractivity contribution in [1.29, 1.82) is 0 Å². The first-order valence-corrected chi connectivity index (χ1v) is 6.53. The Morgan fingerprint density at radius 3 is 2.25 bits per heavy atom. The zero-order chi connectivity index (χ0) is 12.0. The van der Waals surface area contributed by atoms with E-state index in [1.165, 1.54) is 0 Å². The first-order chi connectivity index (χ1) is 7.33. The first-order valence-electron chi connectivity index (χ1n) is 6.53. The molecule has 0 spiro atoms. The maximum atomic E-state index is 12.5. The third-order valence-corrected chi connectivity index (χ3v) is 4.26. The van der Waals surface area contributed by atoms with Gasteiger partial charge in [0.2, 0.25) is 0 Å². The fourth-order valence-electron chi connectivity index (χ4n) is 3.08. The summed E-state index contributed by atoms with van der Waals surface area (Å²) >= 11 is 0. The molecule has 2 rings (SSSR count). The molecule has 2 aliphatic rings. The van der Waals surface area contributed by atoms with Gasteiger partial charge in [-0.1, -0.05) is 27.7 Å². The van der Waals surface area contributed by atoms with Crippen LogP contribution in [-0.2, 0) is 9.53 Å². The third kappa shape index (κ3) is 2.32. The highest BCUT2D eigenvalue weighted by Crippen LogP contribution is 2.42. The van der Waals surface area contributed by atoms with E-state index in [0.29, 0.717) is 18.0 Å². The largest absolute Gasteiger partial charge is 0.370 e. The summed E-state index contributed by atoms with van der Waals surface area (Å²) < 4.78 is 5.63. The summed E-state index contributed by atoms with van der Waals surface area (Å²) in [5, 5.41) is 0. The van der Waals surface area contributed by atoms with Crippen LogP contribution in [0.3, 0.4) is 0 Å². The Morgan fingerprint density at radius 2 is 1.56 bits per heavy atom. The Balaban J connectivity index is 2.12. The van der Waals surface area contributed by atoms with Gasteiger partial charge >= 0.3 is 0 Å². The summed E-state index contributed by atoms with van der Waals surface area (Å²) in [6, 6.07) is 0. The smallest absolute Gasteiger partial charge is 0.144 e. The molecule has 16 heavy (non-hydrogen) atoms. The number of Topliss-reactive ketones (excluding diaryl/α,β-unsaturated/α-hetero) is 1. The second-order valence-corrected chi connectivity index (χ2v) is 6.74. The lowest BCUT2D eigenvalue weighted by Crippen LogP contribution is -2.37. The van der Waals surface area contributed by atoms with E-state index >= 15 is 0 Å². The number of carbonyl (C=O) groups excluding carboxylic acids is 1. The molecule has 0 aromatic heterocycles. The Labute approximate surface area is 98.7 Å². The minimum Gasteiger partial charge on any atom is -0.370 e. The highest BCUT2D eigenvalue weighted by atomic mass is 16.6. The molecule has 92 valence electrons. The fourth-order valence-corrected chi connectivity index (χ4v) is 3.08. The van der Waals surface area contributed by atoms with Gasteiger partial charge in [0, 0.05) is 10.8 Å². The molecule has 2 unspecified atom stereocenters. The van der Waals surface area contributed by atoms with Gasteiger partial charge in [-0.15, -0.1) is 0 Å². The molecule has 1 heterocycles. The molecule has 1 saturated heterocycles. The second-order valence-electron chi connectivity index (χ2n) is 6.74. The number of ketones is 1. The van der Waals surface area contributed by atoms with Crippen molar-refractivity contribution in [3.63, 3.8) is 0 Å². The van der Waals surface area contributed by atoms with Crippen LogP contribution in [-0.4, -0.2) is 18.0 Å². The minimum atomic E-state index is -0.183. The van der Waals surface area contributed by atoms with E-state index in [1.807, 2.05) is 0 Å². The molecule has 2 atom stereocenters. The number of hydrogen-bond donors (Lipinski definition) is 0. The summed E-state index contributed by atoms with van der Waals surface area (Å²) in [7, 11) is 0. The predicted molar refractivity (Wildman–Crippen MR) is 64.3 cm³/mol. The molecule has 1 saturated carbocycles. The fraction of sp³-hybridized carbons (Fsp3) is 0.929. The van der Waals surface area contributed by atoms with Crippen molar-refractivity contribution in [2.75, 3.05) is 0 Å². The molecule has 0 amide bonds. The van der Waals surface area contributed by atoms with Crippen molar-refractivity contribution < 1.29 is 9.53 Å². The predicted octanol–water partition coefficient (Wildman–Crippen LogP) is 3.34. The molecule has 0 bridgehead atoms. The van der Waals surface area contributed by atoms with Crippen LogP contribution in [0.4, 0.5) is 0 Å². The van der Waals surface area contributed by atoms with E-state index in [-0.39, 0.29) is 10.8 Å². The Morgan fingerprint density at radius 1 is 1.00 bits per heavy atom. The SMILES string of the molecule is CC1(C)CCCC2OC2CCC(C)(C)C1=O. The third-order valence-electron chi connectivity index (χ3n) is 4.26. The lowest BCUT2D eigenvalue weighted by Gasteiger charge is -2.34. The molecular weight excluding hydrogens is 200 g/mol. The van der Waals surface area contributed by atoms with Crippen LogP contribution < -0.4 is 0 Å². The van der Waals surface area contributed by atoms with E-state index in [1.54, 1.807) is 0 Å². The molecular formula is C14H24O2. The molecule has 0 aromatic rings. The summed E-state index contributed by atoms with van der Waals surface area (Å²) in [5.41, 5.74) is -0.345. The standard InChI is InChI=1S/C14H24O2/c1-13(2)8-5-6-10-11(16-10)7-9-14(3,4)12(13)15/h10-11H,5-9H2,1-4H3. The van der Waals surface area contributed by atoms with Crippen molar-refractivity contribution in [3.8, 4) is 0 Å². The average molecular weight is 224 g/mol. The number of fused-ring (bicyclic) bond motifs is 1. The van der Waals surface area contributed by atoms with Crippen LogP contribution >= 0.6 is 0 Å². The first kappa shape index (κ1) is 12.1. The van der Waals surface area contributed by atoms with Crippen LogP contribution in [0, 0.1) is 10.8 Å². The van der Waals surface area contributed by atoms with E-state index in [0.717, 1.165) is 32.1 Å². The summed E-state index contributed by atoms with van der Waals surface area (Å²) in [4.78, 5) is 12.5. The summed E-state index contributed by atoms with van der Waals surface area (Å²) in [6.45, 7) is 8.39. The minimum absolute atomic E-state index is 0.161. The van der Waals surface area contributed by atoms with Crippen molar-refractivity contribution in [1.82, 2.24) is 0 Å². The van der Waals surface area contributed by atoms with Gasteiger partial charge in [-0.2, -0.15) is 0 Å². The number of epoxide rings is 1. The molecule has 2 heteroatoms. The molecule has 2 fully saturated rings. The molecule has 0 aromatic carbocycles. The van der Waals surface area contributed by atoms with Crippen molar-refractivity contribution in [2.45, 2.75) is 72.0 Å². The quantitative estimate of drug-likeness (QED) is 0.591. The number of carbonyl (C=O) groups is 1. The van der Waals surface area contributed by atoms with Gasteiger partial charge in [0.25, 0.3) is 0 Å². The highest BCUT2D eigenvalue weighted by Gasteiger charge is 2.44. The lowest BCUT2D eigenvalue weighted by atomic mass is 9.68. The van der Waals surface area contributed by atoms with Crippen LogP contribution in [0.15, 0.2) is 0 Å². The van der Waals surface area contributed by atoms with Crippen molar-refractivity contribution >= 4 is 5.78 Å². The van der Waals surface area contributed by atoms with Gasteiger partial charge in [0.15, 0.2) is 0 Å². The van der Waals surface area contributed by atoms with Gasteiger partial charge in [0.05, 0.1) is 12.2 Å². The zero-order valence-electron chi connectivity index (χ0n) is 11.0. The maximum absolute atomic E-state index is 12.5. The normalized spacial score (nSPS) is 37.6. The van der Waals surface area contributed by atoms with E-state index in [9.17, 15) is 4.79 Å². The molecule has 2 nitrogen and oxygen atoms in total. The van der Waals surface area contributed by atoms with Gasteiger partial charge in [0.1, 0.15) is 5.78 Å². The number of hydrogen-bond acceptors (Lipinski definition) is 2. The highest BCUT2D eigenvalue weighted by molar-refractivity contribution is 5.89. The van der Waals surface area contributed by atoms with E-state index in [4.69, 9.17) is 4.74 Å². The Bertz CT molecular complexity index is 291. The van der Waals surface area contributed by atoms with E-state index in [2.05, 4.69) is 27.7 Å². The Hall–Kier alpha value is -0.370. The lowest BCUT2D eigenvalue weighted by molar-refractivity contribution is -0.136. The van der Waals surface area contributed by atoms with Crippen molar-refractivity contribution in [3.05, 3.63) is 0 Å². The van der Waals surface area contributed by atoms with Crippen LogP contribution in [0.5, 0.6) is 0 Å². The number of rotatable bonds is 0. The summed E-state index contributed by atoms with van der Waals surface area (Å²) in [6.07, 6.45) is 6.24.